The van der Waals surface area contributed by atoms with E-state index in [-0.39, 0.29) is 11.8 Å². The largest absolute Gasteiger partial charge is 0.326 e. The van der Waals surface area contributed by atoms with Crippen molar-refractivity contribution in [2.24, 2.45) is 5.41 Å². The first-order valence-corrected chi connectivity index (χ1v) is 8.77. The number of carbonyl (C=O) groups is 2. The van der Waals surface area contributed by atoms with E-state index in [4.69, 9.17) is 0 Å². The molecule has 4 heteroatoms. The van der Waals surface area contributed by atoms with Gasteiger partial charge in [-0.15, -0.1) is 0 Å². The Morgan fingerprint density at radius 3 is 2.15 bits per heavy atom. The van der Waals surface area contributed by atoms with Gasteiger partial charge in [-0.25, -0.2) is 0 Å². The average molecular weight is 350 g/mol. The summed E-state index contributed by atoms with van der Waals surface area (Å²) >= 11 is 0. The van der Waals surface area contributed by atoms with Crippen LogP contribution in [0.15, 0.2) is 54.6 Å². The fourth-order valence-corrected chi connectivity index (χ4v) is 2.21. The second-order valence-electron chi connectivity index (χ2n) is 7.20. The minimum Gasteiger partial charge on any atom is -0.326 e. The Hall–Kier alpha value is -2.88. The molecule has 2 aromatic carbocycles. The fourth-order valence-electron chi connectivity index (χ4n) is 2.21. The molecule has 136 valence electrons. The van der Waals surface area contributed by atoms with Gasteiger partial charge in [-0.2, -0.15) is 0 Å². The quantitative estimate of drug-likeness (QED) is 0.755. The highest BCUT2D eigenvalue weighted by atomic mass is 16.2. The van der Waals surface area contributed by atoms with Crippen molar-refractivity contribution in [2.75, 3.05) is 10.6 Å². The molecule has 0 aliphatic rings. The lowest BCUT2D eigenvalue weighted by Gasteiger charge is -2.18. The van der Waals surface area contributed by atoms with E-state index in [1.165, 1.54) is 11.6 Å². The number of aryl methyl sites for hydroxylation is 1. The zero-order valence-corrected chi connectivity index (χ0v) is 15.8. The lowest BCUT2D eigenvalue weighted by atomic mass is 9.95. The molecule has 0 atom stereocenters. The summed E-state index contributed by atoms with van der Waals surface area (Å²) in [5.74, 6) is -0.291. The van der Waals surface area contributed by atoms with Crippen molar-refractivity contribution in [1.82, 2.24) is 0 Å². The molecule has 2 rings (SSSR count). The first-order valence-electron chi connectivity index (χ1n) is 8.77. The van der Waals surface area contributed by atoms with Crippen LogP contribution in [0.25, 0.3) is 6.08 Å². The number of nitrogens with one attached hydrogen (secondary N) is 2. The number of benzene rings is 2. The van der Waals surface area contributed by atoms with Crippen LogP contribution in [0, 0.1) is 5.41 Å². The third kappa shape index (κ3) is 5.88. The lowest BCUT2D eigenvalue weighted by molar-refractivity contribution is -0.123. The van der Waals surface area contributed by atoms with E-state index in [2.05, 4.69) is 29.7 Å². The number of hydrogen-bond acceptors (Lipinski definition) is 2. The summed E-state index contributed by atoms with van der Waals surface area (Å²) in [5, 5.41) is 5.67. The summed E-state index contributed by atoms with van der Waals surface area (Å²) in [4.78, 5) is 24.2. The SMILES string of the molecule is CCc1ccc(/C=C/C(=O)Nc2cccc(NC(=O)C(C)(C)C)c2)cc1. The number of hydrogen-bond donors (Lipinski definition) is 2. The monoisotopic (exact) mass is 350 g/mol. The molecule has 26 heavy (non-hydrogen) atoms. The van der Waals surface area contributed by atoms with Crippen LogP contribution in [0.4, 0.5) is 11.4 Å². The molecule has 0 aliphatic heterocycles. The van der Waals surface area contributed by atoms with Crippen LogP contribution in [-0.2, 0) is 16.0 Å². The molecule has 0 heterocycles. The molecule has 0 fully saturated rings. The molecule has 0 spiro atoms. The van der Waals surface area contributed by atoms with Crippen molar-refractivity contribution < 1.29 is 9.59 Å². The minimum absolute atomic E-state index is 0.0728. The third-order valence-electron chi connectivity index (χ3n) is 3.88. The second-order valence-corrected chi connectivity index (χ2v) is 7.20. The van der Waals surface area contributed by atoms with Crippen molar-refractivity contribution in [3.63, 3.8) is 0 Å². The smallest absolute Gasteiger partial charge is 0.248 e. The molecule has 0 aromatic heterocycles. The second kappa shape index (κ2) is 8.48. The van der Waals surface area contributed by atoms with Gasteiger partial charge in [-0.3, -0.25) is 9.59 Å². The van der Waals surface area contributed by atoms with Crippen LogP contribution in [0.2, 0.25) is 0 Å². The van der Waals surface area contributed by atoms with Gasteiger partial charge in [-0.1, -0.05) is 58.0 Å². The van der Waals surface area contributed by atoms with Gasteiger partial charge in [0, 0.05) is 22.9 Å². The predicted octanol–water partition coefficient (Wildman–Crippen LogP) is 4.89. The van der Waals surface area contributed by atoms with E-state index in [1.807, 2.05) is 32.9 Å². The van der Waals surface area contributed by atoms with Crippen LogP contribution < -0.4 is 10.6 Å². The van der Waals surface area contributed by atoms with Gasteiger partial charge >= 0.3 is 0 Å². The Morgan fingerprint density at radius 1 is 0.962 bits per heavy atom. The summed E-state index contributed by atoms with van der Waals surface area (Å²) in [6, 6.07) is 15.2. The molecule has 0 saturated heterocycles. The van der Waals surface area contributed by atoms with Crippen molar-refractivity contribution in [3.05, 3.63) is 65.7 Å². The number of amides is 2. The zero-order chi connectivity index (χ0) is 19.2. The zero-order valence-electron chi connectivity index (χ0n) is 15.8. The maximum Gasteiger partial charge on any atom is 0.248 e. The van der Waals surface area contributed by atoms with E-state index in [0.29, 0.717) is 11.4 Å². The summed E-state index contributed by atoms with van der Waals surface area (Å²) in [5.41, 5.74) is 3.05. The van der Waals surface area contributed by atoms with Gasteiger partial charge in [0.15, 0.2) is 0 Å². The molecule has 0 saturated carbocycles. The highest BCUT2D eigenvalue weighted by molar-refractivity contribution is 6.02. The maximum atomic E-state index is 12.1. The van der Waals surface area contributed by atoms with Crippen LogP contribution in [0.5, 0.6) is 0 Å². The van der Waals surface area contributed by atoms with Gasteiger partial charge in [-0.05, 0) is 41.8 Å². The summed E-state index contributed by atoms with van der Waals surface area (Å²) in [6.07, 6.45) is 4.27. The van der Waals surface area contributed by atoms with Gasteiger partial charge in [0.2, 0.25) is 11.8 Å². The lowest BCUT2D eigenvalue weighted by Crippen LogP contribution is -2.27. The summed E-state index contributed by atoms with van der Waals surface area (Å²) in [6.45, 7) is 7.67. The molecule has 0 aliphatic carbocycles. The molecular weight excluding hydrogens is 324 g/mol. The standard InChI is InChI=1S/C22H26N2O2/c1-5-16-9-11-17(12-10-16)13-14-20(25)23-18-7-6-8-19(15-18)24-21(26)22(2,3)4/h6-15H,5H2,1-4H3,(H,23,25)(H,24,26)/b14-13+. The van der Waals surface area contributed by atoms with Crippen LogP contribution in [0.3, 0.4) is 0 Å². The summed E-state index contributed by atoms with van der Waals surface area (Å²) < 4.78 is 0. The molecule has 4 nitrogen and oxygen atoms in total. The Balaban J connectivity index is 1.99. The predicted molar refractivity (Wildman–Crippen MR) is 108 cm³/mol. The van der Waals surface area contributed by atoms with E-state index < -0.39 is 5.41 Å². The Bertz CT molecular complexity index is 800. The van der Waals surface area contributed by atoms with Crippen LogP contribution in [0.1, 0.15) is 38.8 Å². The van der Waals surface area contributed by atoms with Crippen LogP contribution in [-0.4, -0.2) is 11.8 Å². The number of carbonyl (C=O) groups excluding carboxylic acids is 2. The third-order valence-corrected chi connectivity index (χ3v) is 3.88. The molecule has 0 radical (unpaired) electrons. The van der Waals surface area contributed by atoms with Crippen molar-refractivity contribution in [3.8, 4) is 0 Å². The topological polar surface area (TPSA) is 58.2 Å². The normalized spacial score (nSPS) is 11.4. The van der Waals surface area contributed by atoms with Gasteiger partial charge < -0.3 is 10.6 Å². The van der Waals surface area contributed by atoms with Gasteiger partial charge in [0.05, 0.1) is 0 Å². The number of anilines is 2. The van der Waals surface area contributed by atoms with E-state index in [9.17, 15) is 9.59 Å². The Labute approximate surface area is 155 Å². The molecule has 0 unspecified atom stereocenters. The maximum absolute atomic E-state index is 12.1. The molecule has 2 N–H and O–H groups in total. The Kier molecular flexibility index (Phi) is 6.34. The van der Waals surface area contributed by atoms with E-state index >= 15 is 0 Å². The summed E-state index contributed by atoms with van der Waals surface area (Å²) in [7, 11) is 0. The first-order chi connectivity index (χ1) is 12.3. The fraction of sp³-hybridized carbons (Fsp3) is 0.273. The van der Waals surface area contributed by atoms with Crippen molar-refractivity contribution in [2.45, 2.75) is 34.1 Å². The molecule has 2 aromatic rings. The average Bonchev–Trinajstić information content (AvgIpc) is 2.60. The highest BCUT2D eigenvalue weighted by Crippen LogP contribution is 2.20. The molecule has 2 amide bonds. The van der Waals surface area contributed by atoms with E-state index in [1.54, 1.807) is 30.3 Å². The minimum atomic E-state index is -0.477. The molecular formula is C22H26N2O2. The van der Waals surface area contributed by atoms with Crippen molar-refractivity contribution >= 4 is 29.3 Å². The van der Waals surface area contributed by atoms with Crippen LogP contribution >= 0.6 is 0 Å². The van der Waals surface area contributed by atoms with Gasteiger partial charge in [0.1, 0.15) is 0 Å². The van der Waals surface area contributed by atoms with Gasteiger partial charge in [0.25, 0.3) is 0 Å². The Morgan fingerprint density at radius 2 is 1.58 bits per heavy atom. The van der Waals surface area contributed by atoms with Crippen molar-refractivity contribution in [1.29, 1.82) is 0 Å². The molecule has 0 bridgehead atoms. The van der Waals surface area contributed by atoms with E-state index in [0.717, 1.165) is 12.0 Å². The first kappa shape index (κ1) is 19.4. The number of rotatable bonds is 5. The highest BCUT2D eigenvalue weighted by Gasteiger charge is 2.21.